The summed E-state index contributed by atoms with van der Waals surface area (Å²) in [5.41, 5.74) is 0. The van der Waals surface area contributed by atoms with Gasteiger partial charge < -0.3 is 20.4 Å². The van der Waals surface area contributed by atoms with Gasteiger partial charge in [0, 0.05) is 25.2 Å². The van der Waals surface area contributed by atoms with Gasteiger partial charge in [-0.25, -0.2) is 0 Å². The summed E-state index contributed by atoms with van der Waals surface area (Å²) in [6.07, 6.45) is 5.28. The van der Waals surface area contributed by atoms with Gasteiger partial charge in [-0.2, -0.15) is 0 Å². The normalized spacial score (nSPS) is 18.3. The summed E-state index contributed by atoms with van der Waals surface area (Å²) in [7, 11) is 0. The first-order valence-corrected chi connectivity index (χ1v) is 10.3. The Hall–Kier alpha value is -1.51. The van der Waals surface area contributed by atoms with Gasteiger partial charge in [-0.1, -0.05) is 6.92 Å². The highest BCUT2D eigenvalue weighted by Crippen LogP contribution is 2.26. The van der Waals surface area contributed by atoms with Gasteiger partial charge in [0.2, 0.25) is 17.7 Å². The number of nitrogens with one attached hydrogen (secondary N) is 3. The van der Waals surface area contributed by atoms with Gasteiger partial charge in [-0.3, -0.25) is 19.7 Å². The van der Waals surface area contributed by atoms with E-state index in [-0.39, 0.29) is 43.5 Å². The lowest BCUT2D eigenvalue weighted by atomic mass is 10.2. The third kappa shape index (κ3) is 8.36. The molecule has 1 aliphatic heterocycles. The summed E-state index contributed by atoms with van der Waals surface area (Å²) < 4.78 is 0. The van der Waals surface area contributed by atoms with E-state index in [1.807, 2.05) is 13.8 Å². The molecule has 3 N–H and O–H groups in total. The Morgan fingerprint density at radius 1 is 1.11 bits per heavy atom. The molecule has 3 amide bonds. The lowest BCUT2D eigenvalue weighted by Crippen LogP contribution is -2.48. The maximum absolute atomic E-state index is 12.5. The van der Waals surface area contributed by atoms with Crippen molar-refractivity contribution in [3.05, 3.63) is 0 Å². The Morgan fingerprint density at radius 3 is 2.44 bits per heavy atom. The van der Waals surface area contributed by atoms with Crippen LogP contribution in [0, 0.1) is 0 Å². The van der Waals surface area contributed by atoms with E-state index in [4.69, 9.17) is 0 Å². The van der Waals surface area contributed by atoms with Crippen LogP contribution in [0.4, 0.5) is 0 Å². The smallest absolute Gasteiger partial charge is 0.246 e. The second-order valence-electron chi connectivity index (χ2n) is 7.64. The van der Waals surface area contributed by atoms with Crippen molar-refractivity contribution in [1.82, 2.24) is 25.8 Å². The van der Waals surface area contributed by atoms with Gasteiger partial charge in [0.05, 0.1) is 13.1 Å². The molecule has 0 unspecified atom stereocenters. The molecule has 8 nitrogen and oxygen atoms in total. The molecular weight excluding hydrogens is 346 g/mol. The average molecular weight is 382 g/mol. The topological polar surface area (TPSA) is 93.8 Å². The molecule has 0 aromatic rings. The molecule has 2 aliphatic rings. The third-order valence-electron chi connectivity index (χ3n) is 5.20. The van der Waals surface area contributed by atoms with Crippen LogP contribution >= 0.6 is 0 Å². The van der Waals surface area contributed by atoms with Gasteiger partial charge >= 0.3 is 0 Å². The molecule has 0 radical (unpaired) electrons. The molecule has 1 aliphatic carbocycles. The maximum atomic E-state index is 12.5. The highest BCUT2D eigenvalue weighted by atomic mass is 16.2. The standard InChI is InChI=1S/C19H35N5O3/c1-3-15(2)21-12-17(25)22-18(26)14-24(16-6-7-16)19(27)13-20-8-11-23-9-4-5-10-23/h15-16,20-21H,3-14H2,1-2H3,(H,22,25,26)/t15-/m1/s1. The summed E-state index contributed by atoms with van der Waals surface area (Å²) in [6, 6.07) is 0.360. The number of hydrogen-bond acceptors (Lipinski definition) is 6. The predicted octanol–water partition coefficient (Wildman–Crippen LogP) is -0.306. The molecule has 1 heterocycles. The van der Waals surface area contributed by atoms with Crippen molar-refractivity contribution < 1.29 is 14.4 Å². The third-order valence-corrected chi connectivity index (χ3v) is 5.20. The zero-order chi connectivity index (χ0) is 19.6. The second kappa shape index (κ2) is 11.4. The monoisotopic (exact) mass is 381 g/mol. The summed E-state index contributed by atoms with van der Waals surface area (Å²) in [5.74, 6) is -0.838. The van der Waals surface area contributed by atoms with Crippen LogP contribution in [-0.2, 0) is 14.4 Å². The molecule has 8 heteroatoms. The number of carbonyl (C=O) groups is 3. The van der Waals surface area contributed by atoms with Gasteiger partial charge in [-0.05, 0) is 52.1 Å². The predicted molar refractivity (Wildman–Crippen MR) is 104 cm³/mol. The van der Waals surface area contributed by atoms with Crippen LogP contribution in [-0.4, -0.2) is 85.4 Å². The van der Waals surface area contributed by atoms with Crippen molar-refractivity contribution >= 4 is 17.7 Å². The minimum absolute atomic E-state index is 0.0492. The second-order valence-corrected chi connectivity index (χ2v) is 7.64. The van der Waals surface area contributed by atoms with E-state index in [2.05, 4.69) is 20.9 Å². The Bertz CT molecular complexity index is 504. The number of likely N-dealkylation sites (tertiary alicyclic amines) is 1. The molecular formula is C19H35N5O3. The molecule has 1 saturated carbocycles. The maximum Gasteiger partial charge on any atom is 0.246 e. The summed E-state index contributed by atoms with van der Waals surface area (Å²) in [4.78, 5) is 40.4. The number of carbonyl (C=O) groups excluding carboxylic acids is 3. The molecule has 27 heavy (non-hydrogen) atoms. The van der Waals surface area contributed by atoms with Crippen LogP contribution < -0.4 is 16.0 Å². The molecule has 2 fully saturated rings. The van der Waals surface area contributed by atoms with E-state index in [1.54, 1.807) is 4.90 Å². The SMILES string of the molecule is CC[C@@H](C)NCC(=O)NC(=O)CN(C(=O)CNCCN1CCCC1)C1CC1. The minimum Gasteiger partial charge on any atom is -0.329 e. The Kier molecular flexibility index (Phi) is 9.17. The summed E-state index contributed by atoms with van der Waals surface area (Å²) >= 11 is 0. The van der Waals surface area contributed by atoms with Crippen LogP contribution in [0.5, 0.6) is 0 Å². The largest absolute Gasteiger partial charge is 0.329 e. The van der Waals surface area contributed by atoms with Crippen molar-refractivity contribution in [1.29, 1.82) is 0 Å². The van der Waals surface area contributed by atoms with E-state index < -0.39 is 5.91 Å². The van der Waals surface area contributed by atoms with Crippen molar-refractivity contribution in [2.45, 2.75) is 58.0 Å². The lowest BCUT2D eigenvalue weighted by Gasteiger charge is -2.22. The average Bonchev–Trinajstić information content (AvgIpc) is 3.36. The summed E-state index contributed by atoms with van der Waals surface area (Å²) in [6.45, 7) is 8.32. The van der Waals surface area contributed by atoms with Crippen molar-refractivity contribution in [3.8, 4) is 0 Å². The molecule has 0 bridgehead atoms. The Labute approximate surface area is 162 Å². The Morgan fingerprint density at radius 2 is 1.81 bits per heavy atom. The Balaban J connectivity index is 1.66. The van der Waals surface area contributed by atoms with Crippen molar-refractivity contribution in [3.63, 3.8) is 0 Å². The van der Waals surface area contributed by atoms with E-state index in [1.165, 1.54) is 12.8 Å². The van der Waals surface area contributed by atoms with Gasteiger partial charge in [-0.15, -0.1) is 0 Å². The van der Waals surface area contributed by atoms with Gasteiger partial charge in [0.15, 0.2) is 0 Å². The van der Waals surface area contributed by atoms with Gasteiger partial charge in [0.1, 0.15) is 6.54 Å². The van der Waals surface area contributed by atoms with E-state index in [0.717, 1.165) is 45.4 Å². The number of hydrogen-bond donors (Lipinski definition) is 3. The first kappa shape index (κ1) is 21.8. The highest BCUT2D eigenvalue weighted by molar-refractivity contribution is 5.98. The fourth-order valence-electron chi connectivity index (χ4n) is 3.15. The molecule has 0 aromatic carbocycles. The first-order valence-electron chi connectivity index (χ1n) is 10.3. The van der Waals surface area contributed by atoms with E-state index >= 15 is 0 Å². The van der Waals surface area contributed by atoms with Crippen LogP contribution in [0.2, 0.25) is 0 Å². The quantitative estimate of drug-likeness (QED) is 0.402. The van der Waals surface area contributed by atoms with Gasteiger partial charge in [0.25, 0.3) is 0 Å². The highest BCUT2D eigenvalue weighted by Gasteiger charge is 2.33. The molecule has 0 spiro atoms. The first-order chi connectivity index (χ1) is 13.0. The van der Waals surface area contributed by atoms with Crippen LogP contribution in [0.25, 0.3) is 0 Å². The fraction of sp³-hybridized carbons (Fsp3) is 0.842. The molecule has 1 atom stereocenters. The van der Waals surface area contributed by atoms with E-state index in [0.29, 0.717) is 0 Å². The zero-order valence-corrected chi connectivity index (χ0v) is 16.8. The van der Waals surface area contributed by atoms with Crippen molar-refractivity contribution in [2.24, 2.45) is 0 Å². The molecule has 0 aromatic heterocycles. The number of amides is 3. The number of rotatable bonds is 12. The lowest BCUT2D eigenvalue weighted by molar-refractivity contribution is -0.138. The number of nitrogens with zero attached hydrogens (tertiary/aromatic N) is 2. The van der Waals surface area contributed by atoms with Crippen molar-refractivity contribution in [2.75, 3.05) is 45.8 Å². The van der Waals surface area contributed by atoms with Crippen LogP contribution in [0.15, 0.2) is 0 Å². The minimum atomic E-state index is -0.414. The zero-order valence-electron chi connectivity index (χ0n) is 16.8. The molecule has 1 saturated heterocycles. The van der Waals surface area contributed by atoms with Crippen LogP contribution in [0.3, 0.4) is 0 Å². The van der Waals surface area contributed by atoms with E-state index in [9.17, 15) is 14.4 Å². The number of imide groups is 1. The van der Waals surface area contributed by atoms with Crippen LogP contribution in [0.1, 0.15) is 46.0 Å². The fourth-order valence-corrected chi connectivity index (χ4v) is 3.15. The molecule has 2 rings (SSSR count). The summed E-state index contributed by atoms with van der Waals surface area (Å²) in [5, 5.41) is 8.60. The molecule has 154 valence electrons.